The molecule has 43 heteroatoms. The molecule has 782 valence electrons. The van der Waals surface area contributed by atoms with Crippen LogP contribution in [0.2, 0.25) is 0 Å². The fourth-order valence-electron chi connectivity index (χ4n) is 18.8. The van der Waals surface area contributed by atoms with Gasteiger partial charge in [-0.2, -0.15) is 0 Å². The first-order valence-corrected chi connectivity index (χ1v) is 49.1. The van der Waals surface area contributed by atoms with E-state index in [-0.39, 0.29) is 140 Å². The highest BCUT2D eigenvalue weighted by atomic mass is 16.8. The molecule has 4 amide bonds. The Morgan fingerprint density at radius 1 is 0.378 bits per heavy atom. The molecule has 0 spiro atoms. The summed E-state index contributed by atoms with van der Waals surface area (Å²) in [5, 5.41) is 140. The van der Waals surface area contributed by atoms with E-state index in [9.17, 15) is 94.8 Å². The van der Waals surface area contributed by atoms with Crippen molar-refractivity contribution in [2.45, 2.75) is 336 Å². The fraction of sp³-hybridized carbons (Fsp3) is 0.924. The summed E-state index contributed by atoms with van der Waals surface area (Å²) in [6, 6.07) is -1.34. The molecule has 0 aromatic carbocycles. The number of carbonyl (C=O) groups excluding carboxylic acids is 5. The number of carbonyl (C=O) groups is 7. The van der Waals surface area contributed by atoms with Gasteiger partial charge in [0.1, 0.15) is 79.0 Å². The number of aliphatic hydroxyl groups excluding tert-OH is 10. The molecule has 4 saturated carbocycles. The molecule has 8 aliphatic rings. The Morgan fingerprint density at radius 3 is 1.14 bits per heavy atom. The van der Waals surface area contributed by atoms with Crippen LogP contribution in [-0.4, -0.2) is 421 Å². The number of Topliss-reactive ketones (excluding diaryl/α,β-unsaturated/α-hetero) is 1. The molecular weight excluding hydrogens is 1790 g/mol. The summed E-state index contributed by atoms with van der Waals surface area (Å²) in [4.78, 5) is 91.8. The molecule has 43 nitrogen and oxygen atoms in total. The second kappa shape index (κ2) is 63.3. The SMILES string of the molecule is CC[C@H]1C[C@@H](C(=O)NCCNC(=O)CCOCCOCCOCCOCCOCCOCCOCCOCCOCCOCCC(=O)NCCCC(=O)[C@@H]2C[C@H](CC)[C@@H](O[C@@H]3O[C@@H](C)[C@@H](O)[C@@H](O)[C@@H]3O)[C@H](O[C@@H]3O[C@H](CO)[C@H](O)[C@H](O[C@@H](CC4CCCCC4)C(=O)O)[C@H]3NC(C)=O)C2)C[C@@H](O[C@@H]2O[C@H](CO)[C@H](O)[C@H](O[C@@H](CC3CCCCC3)C(=O)O)[C@H]2C)[C@@H]1O[C@@H]1O[C@@H](C)[C@@H](O)[C@@H](O)[C@@H]1O. The lowest BCUT2D eigenvalue weighted by Crippen LogP contribution is -2.67. The number of hydrogen-bond donors (Lipinski definition) is 16. The van der Waals surface area contributed by atoms with Crippen LogP contribution in [0.25, 0.3) is 0 Å². The maximum atomic E-state index is 14.1. The van der Waals surface area contributed by atoms with Gasteiger partial charge >= 0.3 is 11.9 Å². The monoisotopic (exact) mass is 1950 g/mol. The van der Waals surface area contributed by atoms with Gasteiger partial charge in [0.25, 0.3) is 0 Å². The van der Waals surface area contributed by atoms with Crippen LogP contribution >= 0.6 is 0 Å². The summed E-state index contributed by atoms with van der Waals surface area (Å²) in [7, 11) is 0. The van der Waals surface area contributed by atoms with Gasteiger partial charge in [-0.25, -0.2) is 9.59 Å². The minimum Gasteiger partial charge on any atom is -0.479 e. The smallest absolute Gasteiger partial charge is 0.332 e. The molecule has 0 aromatic heterocycles. The summed E-state index contributed by atoms with van der Waals surface area (Å²) >= 11 is 0. The van der Waals surface area contributed by atoms with Crippen LogP contribution in [0.15, 0.2) is 0 Å². The third-order valence-electron chi connectivity index (χ3n) is 26.6. The van der Waals surface area contributed by atoms with Gasteiger partial charge in [-0.1, -0.05) is 97.8 Å². The number of rotatable bonds is 65. The van der Waals surface area contributed by atoms with Crippen molar-refractivity contribution in [1.82, 2.24) is 21.3 Å². The van der Waals surface area contributed by atoms with Crippen LogP contribution in [0.5, 0.6) is 0 Å². The number of amides is 4. The van der Waals surface area contributed by atoms with Crippen molar-refractivity contribution < 1.29 is 190 Å². The van der Waals surface area contributed by atoms with Gasteiger partial charge in [0.05, 0.1) is 188 Å². The maximum Gasteiger partial charge on any atom is 0.332 e. The zero-order valence-electron chi connectivity index (χ0n) is 79.6. The molecule has 0 bridgehead atoms. The standard InChI is InChI=1S/C92H160N4O39/c1-7-60-48-62(50-65(83(60)134-91-80(109)78(107)74(103)55(4)126-91)131-90-73(96-57(6)99)85(77(106)70(53-98)133-90)129-68(88(114)115)47-59-18-13-10-14-19-59)64(100)20-15-23-93-71(101)21-26-116-28-30-118-32-34-120-36-38-122-40-42-124-44-45-125-43-41-123-39-37-121-35-33-119-31-29-117-27-22-72(102)94-24-25-95-86(111)63-49-61(8-2)84(135-92-81(110)79(108)75(104)56(5)127-92)66(51-63)130-89-54(3)82(76(105)69(52-97)132-89)128-67(87(112)113)46-58-16-11-9-12-17-58/h54-56,58-63,65-70,73-85,89-92,97-98,103-110H,7-53H2,1-6H3,(H,93,101)(H,94,102)(H,95,111)(H,96,99)(H,112,113)(H,114,115)/t54-,55+,56+,60+,61+,62-,63-,65-,66-,67+,68+,69-,70-,73-,74-,75-,76+,77+,78-,79-,80+,81+,82-,83-,84-,85-,89-,90-,91+,92+/m1/s1. The van der Waals surface area contributed by atoms with Gasteiger partial charge < -0.3 is 177 Å². The van der Waals surface area contributed by atoms with E-state index in [1.165, 1.54) is 20.8 Å². The Morgan fingerprint density at radius 2 is 0.741 bits per heavy atom. The molecule has 0 radical (unpaired) electrons. The van der Waals surface area contributed by atoms with Crippen LogP contribution < -0.4 is 21.3 Å². The van der Waals surface area contributed by atoms with E-state index in [0.29, 0.717) is 125 Å². The second-order valence-corrected chi connectivity index (χ2v) is 36.6. The Hall–Kier alpha value is -4.71. The average Bonchev–Trinajstić information content (AvgIpc) is 0.774. The molecule has 8 rings (SSSR count). The third-order valence-corrected chi connectivity index (χ3v) is 26.6. The number of carboxylic acids is 2. The van der Waals surface area contributed by atoms with Gasteiger partial charge in [0.15, 0.2) is 37.4 Å². The largest absolute Gasteiger partial charge is 0.479 e. The topological polar surface area (TPSA) is 595 Å². The molecule has 0 aromatic rings. The number of nitrogens with one attached hydrogen (secondary N) is 4. The summed E-state index contributed by atoms with van der Waals surface area (Å²) in [6.45, 7) is 15.2. The van der Waals surface area contributed by atoms with E-state index in [0.717, 1.165) is 64.2 Å². The second-order valence-electron chi connectivity index (χ2n) is 36.6. The molecule has 135 heavy (non-hydrogen) atoms. The van der Waals surface area contributed by atoms with Crippen molar-refractivity contribution in [2.75, 3.05) is 165 Å². The Labute approximate surface area is 791 Å². The lowest BCUT2D eigenvalue weighted by Gasteiger charge is -2.49. The maximum absolute atomic E-state index is 14.1. The van der Waals surface area contributed by atoms with E-state index < -0.39 is 214 Å². The lowest BCUT2D eigenvalue weighted by molar-refractivity contribution is -0.343. The molecule has 0 unspecified atom stereocenters. The summed E-state index contributed by atoms with van der Waals surface area (Å²) in [5.74, 6) is -6.80. The van der Waals surface area contributed by atoms with Crippen molar-refractivity contribution in [3.63, 3.8) is 0 Å². The number of aliphatic hydroxyl groups is 10. The molecule has 4 heterocycles. The van der Waals surface area contributed by atoms with Gasteiger partial charge in [-0.3, -0.25) is 24.0 Å². The van der Waals surface area contributed by atoms with Crippen molar-refractivity contribution >= 4 is 41.4 Å². The van der Waals surface area contributed by atoms with Gasteiger partial charge in [0.2, 0.25) is 23.6 Å². The highest BCUT2D eigenvalue weighted by molar-refractivity contribution is 5.82. The van der Waals surface area contributed by atoms with Gasteiger partial charge in [0, 0.05) is 63.6 Å². The predicted molar refractivity (Wildman–Crippen MR) is 473 cm³/mol. The van der Waals surface area contributed by atoms with Crippen molar-refractivity contribution in [3.8, 4) is 0 Å². The van der Waals surface area contributed by atoms with Crippen molar-refractivity contribution in [2.24, 2.45) is 41.4 Å². The average molecular weight is 1950 g/mol. The van der Waals surface area contributed by atoms with Gasteiger partial charge in [-0.05, 0) is 82.5 Å². The summed E-state index contributed by atoms with van der Waals surface area (Å²) in [5.41, 5.74) is 0. The summed E-state index contributed by atoms with van der Waals surface area (Å²) < 4.78 is 118. The Bertz CT molecular complexity index is 3320. The van der Waals surface area contributed by atoms with Gasteiger partial charge in [-0.15, -0.1) is 0 Å². The summed E-state index contributed by atoms with van der Waals surface area (Å²) in [6.07, 6.45) is -19.7. The first-order valence-electron chi connectivity index (χ1n) is 49.1. The number of ketones is 1. The first kappa shape index (κ1) is 116. The van der Waals surface area contributed by atoms with Crippen molar-refractivity contribution in [1.29, 1.82) is 0 Å². The van der Waals surface area contributed by atoms with Crippen LogP contribution in [0, 0.1) is 41.4 Å². The molecular formula is C92H160N4O39. The van der Waals surface area contributed by atoms with Crippen LogP contribution in [0.1, 0.15) is 183 Å². The van der Waals surface area contributed by atoms with Crippen LogP contribution in [0.3, 0.4) is 0 Å². The minimum absolute atomic E-state index is 0.00977. The molecule has 16 N–H and O–H groups in total. The van der Waals surface area contributed by atoms with Crippen molar-refractivity contribution in [3.05, 3.63) is 0 Å². The molecule has 30 atom stereocenters. The Kier molecular flexibility index (Phi) is 54.2. The van der Waals surface area contributed by atoms with E-state index in [4.69, 9.17) is 94.7 Å². The number of ether oxygens (including phenoxy) is 20. The van der Waals surface area contributed by atoms with Crippen LogP contribution in [-0.2, 0) is 128 Å². The van der Waals surface area contributed by atoms with Crippen LogP contribution in [0.4, 0.5) is 0 Å². The third kappa shape index (κ3) is 38.8. The fourth-order valence-corrected chi connectivity index (χ4v) is 18.8. The predicted octanol–water partition coefficient (Wildman–Crippen LogP) is -0.387. The number of aliphatic carboxylic acids is 2. The molecule has 4 aliphatic heterocycles. The zero-order valence-corrected chi connectivity index (χ0v) is 79.6. The number of carboxylic acid groups (broad SMARTS) is 2. The van der Waals surface area contributed by atoms with E-state index in [1.807, 2.05) is 13.8 Å². The molecule has 4 saturated heterocycles. The minimum atomic E-state index is -1.69. The van der Waals surface area contributed by atoms with E-state index in [1.54, 1.807) is 6.92 Å². The Balaban J connectivity index is 0.587. The zero-order chi connectivity index (χ0) is 97.7. The quantitative estimate of drug-likeness (QED) is 0.0345. The van der Waals surface area contributed by atoms with E-state index in [2.05, 4.69) is 21.3 Å². The van der Waals surface area contributed by atoms with E-state index >= 15 is 0 Å². The highest BCUT2D eigenvalue weighted by Crippen LogP contribution is 2.44. The lowest BCUT2D eigenvalue weighted by atomic mass is 9.74. The molecule has 4 aliphatic carbocycles. The molecule has 8 fully saturated rings. The first-order chi connectivity index (χ1) is 65.0. The normalized spacial score (nSPS) is 33.2. The number of hydrogen-bond acceptors (Lipinski definition) is 37. The highest BCUT2D eigenvalue weighted by Gasteiger charge is 2.56.